The molecule has 6 nitrogen and oxygen atoms in total. The normalized spacial score (nSPS) is 17.3. The fourth-order valence-electron chi connectivity index (χ4n) is 3.08. The van der Waals surface area contributed by atoms with Crippen LogP contribution in [0.3, 0.4) is 0 Å². The molecule has 27 heavy (non-hydrogen) atoms. The molecule has 1 fully saturated rings. The number of ether oxygens (including phenoxy) is 2. The molecular weight excluding hydrogens is 344 g/mol. The van der Waals surface area contributed by atoms with Crippen LogP contribution >= 0.6 is 0 Å². The number of nitrogens with zero attached hydrogens (tertiary/aromatic N) is 2. The highest BCUT2D eigenvalue weighted by atomic mass is 16.6. The number of rotatable bonds is 3. The van der Waals surface area contributed by atoms with Crippen LogP contribution in [0.15, 0.2) is 35.9 Å². The minimum atomic E-state index is -0.563. The molecular formula is C21H30N2O4. The number of carbonyl (C=O) groups excluding carboxylic acids is 2. The van der Waals surface area contributed by atoms with Gasteiger partial charge in [-0.3, -0.25) is 4.79 Å². The Morgan fingerprint density at radius 2 is 1.81 bits per heavy atom. The van der Waals surface area contributed by atoms with Crippen LogP contribution in [-0.4, -0.2) is 54.1 Å². The van der Waals surface area contributed by atoms with E-state index in [0.717, 1.165) is 11.1 Å². The standard InChI is InChI=1S/C21H30N2O4/c1-15(2)13-19(24)23-12-11-22(20(25)27-21(3,4)5)14-17(23)16-9-7-8-10-18(16)26-6/h7-10,13,17H,11-12,14H2,1-6H3. The molecule has 0 aromatic heterocycles. The number of hydrogen-bond donors (Lipinski definition) is 0. The summed E-state index contributed by atoms with van der Waals surface area (Å²) in [5.74, 6) is 0.637. The maximum atomic E-state index is 12.8. The van der Waals surface area contributed by atoms with Crippen molar-refractivity contribution in [1.29, 1.82) is 0 Å². The van der Waals surface area contributed by atoms with Gasteiger partial charge in [0.2, 0.25) is 5.91 Å². The van der Waals surface area contributed by atoms with Crippen LogP contribution in [0.1, 0.15) is 46.2 Å². The Kier molecular flexibility index (Phi) is 6.52. The van der Waals surface area contributed by atoms with Crippen molar-refractivity contribution < 1.29 is 19.1 Å². The molecule has 1 unspecified atom stereocenters. The van der Waals surface area contributed by atoms with E-state index < -0.39 is 5.60 Å². The molecule has 1 heterocycles. The number of piperazine rings is 1. The van der Waals surface area contributed by atoms with E-state index >= 15 is 0 Å². The average Bonchev–Trinajstić information content (AvgIpc) is 2.59. The van der Waals surface area contributed by atoms with Crippen LogP contribution in [0.25, 0.3) is 0 Å². The summed E-state index contributed by atoms with van der Waals surface area (Å²) in [7, 11) is 1.61. The predicted octanol–water partition coefficient (Wildman–Crippen LogP) is 3.78. The lowest BCUT2D eigenvalue weighted by molar-refractivity contribution is -0.131. The third-order valence-corrected chi connectivity index (χ3v) is 4.23. The lowest BCUT2D eigenvalue weighted by atomic mass is 10.0. The zero-order valence-electron chi connectivity index (χ0n) is 17.1. The van der Waals surface area contributed by atoms with Crippen molar-refractivity contribution in [3.05, 3.63) is 41.5 Å². The number of allylic oxidation sites excluding steroid dienone is 1. The molecule has 1 aromatic carbocycles. The smallest absolute Gasteiger partial charge is 0.410 e. The van der Waals surface area contributed by atoms with Gasteiger partial charge < -0.3 is 19.3 Å². The Hall–Kier alpha value is -2.50. The molecule has 0 aliphatic carbocycles. The minimum Gasteiger partial charge on any atom is -0.496 e. The van der Waals surface area contributed by atoms with Gasteiger partial charge in [0.05, 0.1) is 13.2 Å². The van der Waals surface area contributed by atoms with Crippen molar-refractivity contribution in [3.8, 4) is 5.75 Å². The molecule has 2 rings (SSSR count). The third kappa shape index (κ3) is 5.49. The second-order valence-corrected chi connectivity index (χ2v) is 7.94. The van der Waals surface area contributed by atoms with Gasteiger partial charge in [-0.05, 0) is 40.7 Å². The molecule has 0 N–H and O–H groups in total. The maximum Gasteiger partial charge on any atom is 0.410 e. The number of amides is 2. The number of carbonyl (C=O) groups is 2. The Morgan fingerprint density at radius 1 is 1.15 bits per heavy atom. The van der Waals surface area contributed by atoms with E-state index in [1.807, 2.05) is 58.9 Å². The van der Waals surface area contributed by atoms with Crippen LogP contribution in [0, 0.1) is 0 Å². The molecule has 0 spiro atoms. The summed E-state index contributed by atoms with van der Waals surface area (Å²) >= 11 is 0. The van der Waals surface area contributed by atoms with Crippen molar-refractivity contribution in [2.75, 3.05) is 26.7 Å². The second-order valence-electron chi connectivity index (χ2n) is 7.94. The summed E-state index contributed by atoms with van der Waals surface area (Å²) < 4.78 is 11.0. The average molecular weight is 374 g/mol. The van der Waals surface area contributed by atoms with Gasteiger partial charge in [-0.1, -0.05) is 23.8 Å². The molecule has 0 radical (unpaired) electrons. The van der Waals surface area contributed by atoms with E-state index in [9.17, 15) is 9.59 Å². The van der Waals surface area contributed by atoms with Crippen LogP contribution in [0.4, 0.5) is 4.79 Å². The lowest BCUT2D eigenvalue weighted by Gasteiger charge is -2.41. The molecule has 6 heteroatoms. The Balaban J connectivity index is 2.34. The summed E-state index contributed by atoms with van der Waals surface area (Å²) in [4.78, 5) is 28.8. The summed E-state index contributed by atoms with van der Waals surface area (Å²) in [5.41, 5.74) is 1.25. The molecule has 148 valence electrons. The van der Waals surface area contributed by atoms with Gasteiger partial charge in [0.1, 0.15) is 11.4 Å². The summed E-state index contributed by atoms with van der Waals surface area (Å²) in [5, 5.41) is 0. The topological polar surface area (TPSA) is 59.1 Å². The highest BCUT2D eigenvalue weighted by molar-refractivity contribution is 5.89. The van der Waals surface area contributed by atoms with Gasteiger partial charge >= 0.3 is 6.09 Å². The quantitative estimate of drug-likeness (QED) is 0.756. The van der Waals surface area contributed by atoms with E-state index in [1.54, 1.807) is 23.0 Å². The SMILES string of the molecule is COc1ccccc1C1CN(C(=O)OC(C)(C)C)CCN1C(=O)C=C(C)C. The van der Waals surface area contributed by atoms with Crippen molar-refractivity contribution in [3.63, 3.8) is 0 Å². The van der Waals surface area contributed by atoms with Crippen molar-refractivity contribution in [1.82, 2.24) is 9.80 Å². The molecule has 0 saturated carbocycles. The van der Waals surface area contributed by atoms with E-state index in [4.69, 9.17) is 9.47 Å². The first kappa shape index (κ1) is 20.8. The van der Waals surface area contributed by atoms with Crippen molar-refractivity contribution in [2.45, 2.75) is 46.3 Å². The summed E-state index contributed by atoms with van der Waals surface area (Å²) in [6.45, 7) is 10.6. The predicted molar refractivity (Wildman–Crippen MR) is 105 cm³/mol. The van der Waals surface area contributed by atoms with Gasteiger partial charge in [-0.25, -0.2) is 4.79 Å². The molecule has 1 aromatic rings. The van der Waals surface area contributed by atoms with E-state index in [0.29, 0.717) is 25.4 Å². The molecule has 1 saturated heterocycles. The zero-order valence-corrected chi connectivity index (χ0v) is 17.1. The summed E-state index contributed by atoms with van der Waals surface area (Å²) in [6.07, 6.45) is 1.27. The largest absolute Gasteiger partial charge is 0.496 e. The minimum absolute atomic E-state index is 0.0604. The van der Waals surface area contributed by atoms with E-state index in [1.165, 1.54) is 0 Å². The van der Waals surface area contributed by atoms with E-state index in [-0.39, 0.29) is 18.0 Å². The maximum absolute atomic E-state index is 12.8. The molecule has 0 bridgehead atoms. The first-order chi connectivity index (χ1) is 12.6. The molecule has 2 amide bonds. The van der Waals surface area contributed by atoms with Crippen LogP contribution in [0.5, 0.6) is 5.75 Å². The van der Waals surface area contributed by atoms with Gasteiger partial charge in [-0.15, -0.1) is 0 Å². The van der Waals surface area contributed by atoms with Gasteiger partial charge in [0.15, 0.2) is 0 Å². The Bertz CT molecular complexity index is 717. The lowest BCUT2D eigenvalue weighted by Crippen LogP contribution is -2.53. The number of para-hydroxylation sites is 1. The fourth-order valence-corrected chi connectivity index (χ4v) is 3.08. The highest BCUT2D eigenvalue weighted by Crippen LogP contribution is 2.33. The fraction of sp³-hybridized carbons (Fsp3) is 0.524. The van der Waals surface area contributed by atoms with Gasteiger partial charge in [0, 0.05) is 31.3 Å². The monoisotopic (exact) mass is 374 g/mol. The van der Waals surface area contributed by atoms with Crippen LogP contribution in [-0.2, 0) is 9.53 Å². The molecule has 1 aliphatic rings. The highest BCUT2D eigenvalue weighted by Gasteiger charge is 2.35. The van der Waals surface area contributed by atoms with Gasteiger partial charge in [0.25, 0.3) is 0 Å². The molecule has 1 atom stereocenters. The summed E-state index contributed by atoms with van der Waals surface area (Å²) in [6, 6.07) is 7.30. The third-order valence-electron chi connectivity index (χ3n) is 4.23. The Labute approximate surface area is 161 Å². The van der Waals surface area contributed by atoms with Crippen molar-refractivity contribution in [2.24, 2.45) is 0 Å². The zero-order chi connectivity index (χ0) is 20.2. The second kappa shape index (κ2) is 8.46. The van der Waals surface area contributed by atoms with Gasteiger partial charge in [-0.2, -0.15) is 0 Å². The number of benzene rings is 1. The van der Waals surface area contributed by atoms with Crippen LogP contribution in [0.2, 0.25) is 0 Å². The van der Waals surface area contributed by atoms with E-state index in [2.05, 4.69) is 0 Å². The first-order valence-electron chi connectivity index (χ1n) is 9.18. The first-order valence-corrected chi connectivity index (χ1v) is 9.18. The number of hydrogen-bond acceptors (Lipinski definition) is 4. The molecule has 1 aliphatic heterocycles. The number of methoxy groups -OCH3 is 1. The Morgan fingerprint density at radius 3 is 2.41 bits per heavy atom. The van der Waals surface area contributed by atoms with Crippen molar-refractivity contribution >= 4 is 12.0 Å². The van der Waals surface area contributed by atoms with Crippen LogP contribution < -0.4 is 4.74 Å².